The first-order valence-electron chi connectivity index (χ1n) is 7.16. The van der Waals surface area contributed by atoms with Gasteiger partial charge in [-0.1, -0.05) is 18.2 Å². The largest absolute Gasteiger partial charge is 0.490 e. The highest BCUT2D eigenvalue weighted by molar-refractivity contribution is 5.89. The molecule has 2 rings (SSSR count). The van der Waals surface area contributed by atoms with Crippen molar-refractivity contribution < 1.29 is 19.0 Å². The third-order valence-corrected chi connectivity index (χ3v) is 2.80. The van der Waals surface area contributed by atoms with Crippen LogP contribution in [0.25, 0.3) is 0 Å². The molecule has 0 saturated heterocycles. The molecule has 1 aromatic heterocycles. The normalized spacial score (nSPS) is 11.5. The fourth-order valence-corrected chi connectivity index (χ4v) is 1.78. The zero-order valence-corrected chi connectivity index (χ0v) is 12.7. The SMILES string of the molecule is CCOc1cc(C(=O)OC(C)COc2ccccc2)ccn1. The monoisotopic (exact) mass is 301 g/mol. The van der Waals surface area contributed by atoms with Crippen LogP contribution >= 0.6 is 0 Å². The Balaban J connectivity index is 1.86. The standard InChI is InChI=1S/C17H19NO4/c1-3-20-16-11-14(9-10-18-16)17(19)22-13(2)12-21-15-7-5-4-6-8-15/h4-11,13H,3,12H2,1-2H3. The van der Waals surface area contributed by atoms with E-state index in [0.29, 0.717) is 24.7 Å². The van der Waals surface area contributed by atoms with Gasteiger partial charge in [-0.3, -0.25) is 0 Å². The van der Waals surface area contributed by atoms with E-state index in [4.69, 9.17) is 14.2 Å². The minimum Gasteiger partial charge on any atom is -0.490 e. The van der Waals surface area contributed by atoms with E-state index in [2.05, 4.69) is 4.98 Å². The number of esters is 1. The van der Waals surface area contributed by atoms with E-state index < -0.39 is 5.97 Å². The zero-order chi connectivity index (χ0) is 15.8. The van der Waals surface area contributed by atoms with E-state index in [1.165, 1.54) is 6.20 Å². The Morgan fingerprint density at radius 3 is 2.68 bits per heavy atom. The summed E-state index contributed by atoms with van der Waals surface area (Å²) in [6.07, 6.45) is 1.16. The Morgan fingerprint density at radius 2 is 1.95 bits per heavy atom. The van der Waals surface area contributed by atoms with Gasteiger partial charge in [0.25, 0.3) is 0 Å². The molecule has 1 heterocycles. The molecule has 22 heavy (non-hydrogen) atoms. The second-order valence-corrected chi connectivity index (χ2v) is 4.66. The fraction of sp³-hybridized carbons (Fsp3) is 0.294. The molecule has 0 aliphatic heterocycles. The first-order chi connectivity index (χ1) is 10.7. The van der Waals surface area contributed by atoms with Crippen LogP contribution in [0.5, 0.6) is 11.6 Å². The van der Waals surface area contributed by atoms with Crippen LogP contribution in [0.15, 0.2) is 48.7 Å². The van der Waals surface area contributed by atoms with Crippen molar-refractivity contribution in [3.8, 4) is 11.6 Å². The molecule has 0 fully saturated rings. The predicted molar refractivity (Wildman–Crippen MR) is 82.2 cm³/mol. The molecular formula is C17H19NO4. The first kappa shape index (κ1) is 15.8. The van der Waals surface area contributed by atoms with Gasteiger partial charge in [0, 0.05) is 12.3 Å². The Kier molecular flexibility index (Phi) is 5.77. The van der Waals surface area contributed by atoms with Gasteiger partial charge in [0.2, 0.25) is 5.88 Å². The Labute approximate surface area is 129 Å². The van der Waals surface area contributed by atoms with Crippen LogP contribution in [0.3, 0.4) is 0 Å². The van der Waals surface area contributed by atoms with Gasteiger partial charge in [-0.15, -0.1) is 0 Å². The topological polar surface area (TPSA) is 57.7 Å². The van der Waals surface area contributed by atoms with Crippen molar-refractivity contribution in [3.05, 3.63) is 54.2 Å². The van der Waals surface area contributed by atoms with E-state index in [1.54, 1.807) is 19.1 Å². The molecule has 0 radical (unpaired) electrons. The van der Waals surface area contributed by atoms with Gasteiger partial charge >= 0.3 is 5.97 Å². The number of hydrogen-bond donors (Lipinski definition) is 0. The number of carbonyl (C=O) groups is 1. The molecule has 2 aromatic rings. The van der Waals surface area contributed by atoms with Gasteiger partial charge < -0.3 is 14.2 Å². The van der Waals surface area contributed by atoms with E-state index in [0.717, 1.165) is 5.75 Å². The summed E-state index contributed by atoms with van der Waals surface area (Å²) in [4.78, 5) is 16.1. The maximum Gasteiger partial charge on any atom is 0.338 e. The van der Waals surface area contributed by atoms with Crippen LogP contribution in [0.2, 0.25) is 0 Å². The molecule has 0 aliphatic carbocycles. The summed E-state index contributed by atoms with van der Waals surface area (Å²) in [7, 11) is 0. The van der Waals surface area contributed by atoms with Crippen molar-refractivity contribution >= 4 is 5.97 Å². The number of carbonyl (C=O) groups excluding carboxylic acids is 1. The average molecular weight is 301 g/mol. The lowest BCUT2D eigenvalue weighted by atomic mass is 10.2. The van der Waals surface area contributed by atoms with Crippen LogP contribution < -0.4 is 9.47 Å². The van der Waals surface area contributed by atoms with Gasteiger partial charge in [0.15, 0.2) is 0 Å². The number of ether oxygens (including phenoxy) is 3. The molecule has 1 unspecified atom stereocenters. The summed E-state index contributed by atoms with van der Waals surface area (Å²) in [5, 5.41) is 0. The highest BCUT2D eigenvalue weighted by Crippen LogP contribution is 2.13. The third-order valence-electron chi connectivity index (χ3n) is 2.80. The van der Waals surface area contributed by atoms with Crippen molar-refractivity contribution in [1.82, 2.24) is 4.98 Å². The fourth-order valence-electron chi connectivity index (χ4n) is 1.78. The Morgan fingerprint density at radius 1 is 1.18 bits per heavy atom. The number of rotatable bonds is 7. The molecule has 116 valence electrons. The van der Waals surface area contributed by atoms with Gasteiger partial charge in [0.1, 0.15) is 18.5 Å². The van der Waals surface area contributed by atoms with Crippen LogP contribution in [-0.2, 0) is 4.74 Å². The summed E-state index contributed by atoms with van der Waals surface area (Å²) >= 11 is 0. The highest BCUT2D eigenvalue weighted by Gasteiger charge is 2.13. The predicted octanol–water partition coefficient (Wildman–Crippen LogP) is 3.10. The van der Waals surface area contributed by atoms with Crippen molar-refractivity contribution in [3.63, 3.8) is 0 Å². The lowest BCUT2D eigenvalue weighted by Gasteiger charge is -2.14. The van der Waals surface area contributed by atoms with Crippen LogP contribution in [0.4, 0.5) is 0 Å². The van der Waals surface area contributed by atoms with E-state index >= 15 is 0 Å². The molecule has 1 aromatic carbocycles. The minimum atomic E-state index is -0.424. The van der Waals surface area contributed by atoms with Crippen LogP contribution in [-0.4, -0.2) is 30.3 Å². The lowest BCUT2D eigenvalue weighted by Crippen LogP contribution is -2.22. The van der Waals surface area contributed by atoms with E-state index in [-0.39, 0.29) is 6.10 Å². The number of aromatic nitrogens is 1. The van der Waals surface area contributed by atoms with E-state index in [1.807, 2.05) is 37.3 Å². The lowest BCUT2D eigenvalue weighted by molar-refractivity contribution is 0.0228. The van der Waals surface area contributed by atoms with Crippen LogP contribution in [0, 0.1) is 0 Å². The van der Waals surface area contributed by atoms with Crippen molar-refractivity contribution in [2.75, 3.05) is 13.2 Å². The molecule has 0 amide bonds. The van der Waals surface area contributed by atoms with Crippen LogP contribution in [0.1, 0.15) is 24.2 Å². The molecule has 0 aliphatic rings. The molecule has 0 N–H and O–H groups in total. The van der Waals surface area contributed by atoms with Crippen molar-refractivity contribution in [2.24, 2.45) is 0 Å². The quantitative estimate of drug-likeness (QED) is 0.735. The summed E-state index contributed by atoms with van der Waals surface area (Å²) in [5.74, 6) is 0.727. The third kappa shape index (κ3) is 4.77. The Bertz CT molecular complexity index is 601. The summed E-state index contributed by atoms with van der Waals surface area (Å²) in [6, 6.07) is 12.6. The zero-order valence-electron chi connectivity index (χ0n) is 12.7. The number of para-hydroxylation sites is 1. The molecule has 0 bridgehead atoms. The molecule has 0 saturated carbocycles. The van der Waals surface area contributed by atoms with E-state index in [9.17, 15) is 4.79 Å². The van der Waals surface area contributed by atoms with Gasteiger partial charge in [-0.2, -0.15) is 0 Å². The second-order valence-electron chi connectivity index (χ2n) is 4.66. The number of hydrogen-bond acceptors (Lipinski definition) is 5. The highest BCUT2D eigenvalue weighted by atomic mass is 16.6. The second kappa shape index (κ2) is 8.02. The minimum absolute atomic E-state index is 0.291. The molecular weight excluding hydrogens is 282 g/mol. The maximum atomic E-state index is 12.1. The number of nitrogens with zero attached hydrogens (tertiary/aromatic N) is 1. The van der Waals surface area contributed by atoms with Gasteiger partial charge in [-0.25, -0.2) is 9.78 Å². The summed E-state index contributed by atoms with van der Waals surface area (Å²) in [6.45, 7) is 4.42. The summed E-state index contributed by atoms with van der Waals surface area (Å²) < 4.78 is 16.2. The smallest absolute Gasteiger partial charge is 0.338 e. The van der Waals surface area contributed by atoms with Crippen molar-refractivity contribution in [2.45, 2.75) is 20.0 Å². The van der Waals surface area contributed by atoms with Gasteiger partial charge in [-0.05, 0) is 32.0 Å². The Hall–Kier alpha value is -2.56. The first-order valence-corrected chi connectivity index (χ1v) is 7.16. The molecule has 1 atom stereocenters. The summed E-state index contributed by atoms with van der Waals surface area (Å²) in [5.41, 5.74) is 0.407. The van der Waals surface area contributed by atoms with Gasteiger partial charge in [0.05, 0.1) is 12.2 Å². The number of benzene rings is 1. The molecule has 0 spiro atoms. The average Bonchev–Trinajstić information content (AvgIpc) is 2.54. The molecule has 5 heteroatoms. The number of pyridine rings is 1. The maximum absolute atomic E-state index is 12.1. The molecule has 5 nitrogen and oxygen atoms in total. The van der Waals surface area contributed by atoms with Crippen molar-refractivity contribution in [1.29, 1.82) is 0 Å².